The molecule has 0 unspecified atom stereocenters. The zero-order chi connectivity index (χ0) is 12.8. The van der Waals surface area contributed by atoms with Crippen LogP contribution in [0.4, 0.5) is 4.79 Å². The fraction of sp³-hybridized carbons (Fsp3) is 0.692. The summed E-state index contributed by atoms with van der Waals surface area (Å²) < 4.78 is 1.86. The predicted octanol–water partition coefficient (Wildman–Crippen LogP) is 2.03. The maximum atomic E-state index is 11.7. The number of carbonyl (C=O) groups is 1. The maximum Gasteiger partial charge on any atom is 0.315 e. The molecule has 0 bridgehead atoms. The molecule has 1 aromatic heterocycles. The quantitative estimate of drug-likeness (QED) is 0.859. The molecule has 2 N–H and O–H groups in total. The van der Waals surface area contributed by atoms with E-state index in [0.717, 1.165) is 25.1 Å². The Balaban J connectivity index is 1.70. The lowest BCUT2D eigenvalue weighted by atomic mass is 9.96. The van der Waals surface area contributed by atoms with Crippen LogP contribution >= 0.6 is 0 Å². The molecule has 0 aliphatic heterocycles. The summed E-state index contributed by atoms with van der Waals surface area (Å²) in [5.74, 6) is 0. The van der Waals surface area contributed by atoms with E-state index in [1.807, 2.05) is 23.9 Å². The van der Waals surface area contributed by atoms with Gasteiger partial charge < -0.3 is 10.6 Å². The fourth-order valence-electron chi connectivity index (χ4n) is 2.33. The third-order valence-electron chi connectivity index (χ3n) is 3.39. The van der Waals surface area contributed by atoms with Gasteiger partial charge in [-0.2, -0.15) is 5.10 Å². The molecule has 0 spiro atoms. The molecule has 0 radical (unpaired) electrons. The van der Waals surface area contributed by atoms with Gasteiger partial charge in [0.25, 0.3) is 0 Å². The normalized spacial score (nSPS) is 16.5. The van der Waals surface area contributed by atoms with Crippen LogP contribution in [0.15, 0.2) is 12.3 Å². The molecule has 0 atom stereocenters. The third-order valence-corrected chi connectivity index (χ3v) is 3.39. The van der Waals surface area contributed by atoms with E-state index in [1.54, 1.807) is 0 Å². The summed E-state index contributed by atoms with van der Waals surface area (Å²) in [4.78, 5) is 11.7. The van der Waals surface area contributed by atoms with Crippen LogP contribution in [0.1, 0.15) is 44.7 Å². The standard InChI is InChI=1S/C13H22N4O/c1-2-17-9-8-12(16-17)10-14-13(18)15-11-6-4-3-5-7-11/h8-9,11H,2-7,10H2,1H3,(H2,14,15,18). The predicted molar refractivity (Wildman–Crippen MR) is 70.1 cm³/mol. The first-order valence-corrected chi connectivity index (χ1v) is 6.84. The second-order valence-electron chi connectivity index (χ2n) is 4.82. The number of urea groups is 1. The molecule has 0 saturated heterocycles. The summed E-state index contributed by atoms with van der Waals surface area (Å²) in [7, 11) is 0. The van der Waals surface area contributed by atoms with Gasteiger partial charge >= 0.3 is 6.03 Å². The first-order valence-electron chi connectivity index (χ1n) is 6.84. The van der Waals surface area contributed by atoms with Gasteiger partial charge in [0.1, 0.15) is 0 Å². The molecule has 5 heteroatoms. The molecule has 1 fully saturated rings. The lowest BCUT2D eigenvalue weighted by molar-refractivity contribution is 0.232. The van der Waals surface area contributed by atoms with Gasteiger partial charge in [0.2, 0.25) is 0 Å². The summed E-state index contributed by atoms with van der Waals surface area (Å²) in [6.07, 6.45) is 7.90. The van der Waals surface area contributed by atoms with Crippen molar-refractivity contribution in [3.8, 4) is 0 Å². The molecule has 1 aliphatic carbocycles. The van der Waals surface area contributed by atoms with Crippen molar-refractivity contribution in [3.63, 3.8) is 0 Å². The van der Waals surface area contributed by atoms with Crippen molar-refractivity contribution in [2.75, 3.05) is 0 Å². The number of aromatic nitrogens is 2. The molecule has 2 rings (SSSR count). The second kappa shape index (κ2) is 6.42. The Hall–Kier alpha value is -1.52. The van der Waals surface area contributed by atoms with Gasteiger partial charge in [0, 0.05) is 18.8 Å². The van der Waals surface area contributed by atoms with E-state index in [0.29, 0.717) is 12.6 Å². The number of nitrogens with one attached hydrogen (secondary N) is 2. The van der Waals surface area contributed by atoms with Crippen LogP contribution in [0, 0.1) is 0 Å². The Morgan fingerprint density at radius 2 is 2.22 bits per heavy atom. The topological polar surface area (TPSA) is 59.0 Å². The number of nitrogens with zero attached hydrogens (tertiary/aromatic N) is 2. The first kappa shape index (κ1) is 12.9. The highest BCUT2D eigenvalue weighted by Gasteiger charge is 2.15. The van der Waals surface area contributed by atoms with Crippen molar-refractivity contribution in [1.29, 1.82) is 0 Å². The van der Waals surface area contributed by atoms with E-state index in [9.17, 15) is 4.79 Å². The monoisotopic (exact) mass is 250 g/mol. The Labute approximate surface area is 108 Å². The molecule has 18 heavy (non-hydrogen) atoms. The van der Waals surface area contributed by atoms with Gasteiger partial charge in [0.15, 0.2) is 0 Å². The largest absolute Gasteiger partial charge is 0.335 e. The molecule has 1 aromatic rings. The van der Waals surface area contributed by atoms with E-state index < -0.39 is 0 Å². The molecule has 100 valence electrons. The van der Waals surface area contributed by atoms with Gasteiger partial charge in [0.05, 0.1) is 12.2 Å². The molecule has 1 heterocycles. The maximum absolute atomic E-state index is 11.7. The SMILES string of the molecule is CCn1ccc(CNC(=O)NC2CCCCC2)n1. The first-order chi connectivity index (χ1) is 8.78. The summed E-state index contributed by atoms with van der Waals surface area (Å²) >= 11 is 0. The van der Waals surface area contributed by atoms with E-state index in [1.165, 1.54) is 19.3 Å². The highest BCUT2D eigenvalue weighted by atomic mass is 16.2. The van der Waals surface area contributed by atoms with Crippen LogP contribution in [0.3, 0.4) is 0 Å². The number of hydrogen-bond acceptors (Lipinski definition) is 2. The molecular weight excluding hydrogens is 228 g/mol. The minimum atomic E-state index is -0.0760. The van der Waals surface area contributed by atoms with Gasteiger partial charge in [-0.15, -0.1) is 0 Å². The Bertz CT molecular complexity index is 382. The van der Waals surface area contributed by atoms with E-state index in [-0.39, 0.29) is 6.03 Å². The highest BCUT2D eigenvalue weighted by molar-refractivity contribution is 5.74. The summed E-state index contributed by atoms with van der Waals surface area (Å²) in [5.41, 5.74) is 0.899. The smallest absolute Gasteiger partial charge is 0.315 e. The number of amides is 2. The number of hydrogen-bond donors (Lipinski definition) is 2. The molecular formula is C13H22N4O. The van der Waals surface area contributed by atoms with Gasteiger partial charge in [-0.05, 0) is 25.8 Å². The molecule has 1 aliphatic rings. The third kappa shape index (κ3) is 3.75. The number of aryl methyl sites for hydroxylation is 1. The highest BCUT2D eigenvalue weighted by Crippen LogP contribution is 2.17. The van der Waals surface area contributed by atoms with E-state index in [2.05, 4.69) is 15.7 Å². The van der Waals surface area contributed by atoms with Crippen LogP contribution in [-0.2, 0) is 13.1 Å². The van der Waals surface area contributed by atoms with Crippen LogP contribution in [0.5, 0.6) is 0 Å². The van der Waals surface area contributed by atoms with Gasteiger partial charge in [-0.1, -0.05) is 19.3 Å². The minimum Gasteiger partial charge on any atom is -0.335 e. The molecule has 5 nitrogen and oxygen atoms in total. The second-order valence-corrected chi connectivity index (χ2v) is 4.82. The van der Waals surface area contributed by atoms with Crippen LogP contribution in [0.2, 0.25) is 0 Å². The van der Waals surface area contributed by atoms with Crippen molar-refractivity contribution >= 4 is 6.03 Å². The number of carbonyl (C=O) groups excluding carboxylic acids is 1. The zero-order valence-corrected chi connectivity index (χ0v) is 11.0. The average molecular weight is 250 g/mol. The fourth-order valence-corrected chi connectivity index (χ4v) is 2.33. The van der Waals surface area contributed by atoms with Gasteiger partial charge in [-0.25, -0.2) is 4.79 Å². The molecule has 1 saturated carbocycles. The van der Waals surface area contributed by atoms with Crippen LogP contribution in [-0.4, -0.2) is 21.9 Å². The molecule has 0 aromatic carbocycles. The molecule has 2 amide bonds. The van der Waals surface area contributed by atoms with E-state index in [4.69, 9.17) is 0 Å². The minimum absolute atomic E-state index is 0.0760. The lowest BCUT2D eigenvalue weighted by Crippen LogP contribution is -2.42. The van der Waals surface area contributed by atoms with Gasteiger partial charge in [-0.3, -0.25) is 4.68 Å². The van der Waals surface area contributed by atoms with Crippen LogP contribution < -0.4 is 10.6 Å². The van der Waals surface area contributed by atoms with Crippen molar-refractivity contribution in [3.05, 3.63) is 18.0 Å². The Kier molecular flexibility index (Phi) is 4.61. The van der Waals surface area contributed by atoms with Crippen molar-refractivity contribution in [2.24, 2.45) is 0 Å². The van der Waals surface area contributed by atoms with E-state index >= 15 is 0 Å². The van der Waals surface area contributed by atoms with Crippen molar-refractivity contribution < 1.29 is 4.79 Å². The average Bonchev–Trinajstić information content (AvgIpc) is 2.85. The summed E-state index contributed by atoms with van der Waals surface area (Å²) in [6.45, 7) is 3.39. The Morgan fingerprint density at radius 1 is 1.44 bits per heavy atom. The van der Waals surface area contributed by atoms with Crippen molar-refractivity contribution in [1.82, 2.24) is 20.4 Å². The van der Waals surface area contributed by atoms with Crippen molar-refractivity contribution in [2.45, 2.75) is 58.2 Å². The summed E-state index contributed by atoms with van der Waals surface area (Å²) in [5, 5.41) is 10.2. The van der Waals surface area contributed by atoms with Crippen LogP contribution in [0.25, 0.3) is 0 Å². The summed E-state index contributed by atoms with van der Waals surface area (Å²) in [6, 6.07) is 2.21. The Morgan fingerprint density at radius 3 is 2.89 bits per heavy atom. The lowest BCUT2D eigenvalue weighted by Gasteiger charge is -2.22. The zero-order valence-electron chi connectivity index (χ0n) is 11.0. The number of rotatable bonds is 4.